The van der Waals surface area contributed by atoms with Crippen molar-refractivity contribution >= 4 is 28.7 Å². The molecular weight excluding hydrogens is 284 g/mol. The van der Waals surface area contributed by atoms with Crippen molar-refractivity contribution in [1.82, 2.24) is 14.7 Å². The van der Waals surface area contributed by atoms with Gasteiger partial charge in [0.15, 0.2) is 5.60 Å². The normalized spacial score (nSPS) is 14.4. The molecule has 2 amide bonds. The Labute approximate surface area is 120 Å². The number of hydrogen-bond acceptors (Lipinski definition) is 6. The van der Waals surface area contributed by atoms with Gasteiger partial charge in [-0.05, 0) is 6.92 Å². The fourth-order valence-electron chi connectivity index (χ4n) is 1.05. The first-order valence-electron chi connectivity index (χ1n) is 5.87. The Bertz CT molecular complexity index is 507. The number of amides is 2. The third-order valence-corrected chi connectivity index (χ3v) is 3.00. The number of carboxylic acid groups (broad SMARTS) is 1. The molecule has 0 spiro atoms. The van der Waals surface area contributed by atoms with Crippen molar-refractivity contribution in [2.45, 2.75) is 38.7 Å². The summed E-state index contributed by atoms with van der Waals surface area (Å²) in [7, 11) is 0. The summed E-state index contributed by atoms with van der Waals surface area (Å²) in [6.07, 6.45) is 0. The fraction of sp³-hybridized carbons (Fsp3) is 0.636. The summed E-state index contributed by atoms with van der Waals surface area (Å²) < 4.78 is 4.12. The number of carboxylic acids is 1. The molecule has 0 radical (unpaired) electrons. The van der Waals surface area contributed by atoms with Crippen LogP contribution in [-0.4, -0.2) is 43.7 Å². The molecule has 0 bridgehead atoms. The predicted octanol–water partition coefficient (Wildman–Crippen LogP) is 0.793. The van der Waals surface area contributed by atoms with E-state index in [4.69, 9.17) is 5.11 Å². The number of nitrogens with zero attached hydrogens (tertiary/aromatic N) is 2. The van der Waals surface area contributed by atoms with Crippen LogP contribution in [-0.2, 0) is 10.2 Å². The number of anilines is 1. The van der Waals surface area contributed by atoms with Crippen molar-refractivity contribution in [2.75, 3.05) is 11.9 Å². The number of aliphatic carboxylic acids is 1. The second-order valence-electron chi connectivity index (χ2n) is 5.56. The highest BCUT2D eigenvalue weighted by Crippen LogP contribution is 2.22. The Hall–Kier alpha value is -1.74. The molecule has 0 aliphatic carbocycles. The van der Waals surface area contributed by atoms with Crippen molar-refractivity contribution in [3.8, 4) is 0 Å². The summed E-state index contributed by atoms with van der Waals surface area (Å²) in [5, 5.41) is 23.1. The molecule has 1 aromatic heterocycles. The van der Waals surface area contributed by atoms with Crippen molar-refractivity contribution in [3.05, 3.63) is 5.82 Å². The predicted molar refractivity (Wildman–Crippen MR) is 73.9 cm³/mol. The van der Waals surface area contributed by atoms with Crippen LogP contribution in [0.15, 0.2) is 0 Å². The maximum atomic E-state index is 11.6. The molecule has 0 fully saturated rings. The standard InChI is InChI=1S/C11H18N4O4S/c1-10(2,3)6-13-9(20-15-6)14-8(18)12-5-11(4,19)7(16)17/h19H,5H2,1-4H3,(H,16,17)(H2,12,13,14,15,18). The largest absolute Gasteiger partial charge is 0.479 e. The highest BCUT2D eigenvalue weighted by molar-refractivity contribution is 7.09. The minimum absolute atomic E-state index is 0.222. The van der Waals surface area contributed by atoms with Crippen LogP contribution >= 0.6 is 11.5 Å². The molecule has 0 saturated carbocycles. The quantitative estimate of drug-likeness (QED) is 0.652. The Balaban J connectivity index is 2.55. The molecule has 1 heterocycles. The van der Waals surface area contributed by atoms with E-state index in [9.17, 15) is 14.7 Å². The molecule has 9 heteroatoms. The lowest BCUT2D eigenvalue weighted by Crippen LogP contribution is -2.47. The van der Waals surface area contributed by atoms with Gasteiger partial charge in [0.1, 0.15) is 5.82 Å². The topological polar surface area (TPSA) is 124 Å². The van der Waals surface area contributed by atoms with E-state index in [0.717, 1.165) is 18.5 Å². The maximum Gasteiger partial charge on any atom is 0.337 e. The van der Waals surface area contributed by atoms with Crippen LogP contribution in [0, 0.1) is 0 Å². The SMILES string of the molecule is CC(O)(CNC(=O)Nc1nc(C(C)(C)C)ns1)C(=O)O. The number of urea groups is 1. The first kappa shape index (κ1) is 16.3. The van der Waals surface area contributed by atoms with E-state index in [0.29, 0.717) is 11.0 Å². The number of aromatic nitrogens is 2. The van der Waals surface area contributed by atoms with E-state index in [-0.39, 0.29) is 5.41 Å². The second-order valence-corrected chi connectivity index (χ2v) is 6.31. The summed E-state index contributed by atoms with van der Waals surface area (Å²) in [6, 6.07) is -0.650. The van der Waals surface area contributed by atoms with Crippen molar-refractivity contribution in [2.24, 2.45) is 0 Å². The lowest BCUT2D eigenvalue weighted by molar-refractivity contribution is -0.155. The van der Waals surface area contributed by atoms with Crippen LogP contribution in [0.25, 0.3) is 0 Å². The molecule has 0 aliphatic heterocycles. The number of aliphatic hydroxyl groups is 1. The van der Waals surface area contributed by atoms with Gasteiger partial charge < -0.3 is 15.5 Å². The molecule has 0 aromatic carbocycles. The van der Waals surface area contributed by atoms with Gasteiger partial charge in [-0.15, -0.1) is 0 Å². The Kier molecular flexibility index (Phi) is 4.66. The highest BCUT2D eigenvalue weighted by atomic mass is 32.1. The van der Waals surface area contributed by atoms with Crippen molar-refractivity contribution in [3.63, 3.8) is 0 Å². The summed E-state index contributed by atoms with van der Waals surface area (Å²) >= 11 is 1.03. The fourth-order valence-corrected chi connectivity index (χ4v) is 1.80. The Morgan fingerprint density at radius 1 is 1.30 bits per heavy atom. The molecule has 1 aromatic rings. The van der Waals surface area contributed by atoms with E-state index in [1.807, 2.05) is 20.8 Å². The van der Waals surface area contributed by atoms with Crippen LogP contribution in [0.1, 0.15) is 33.5 Å². The molecule has 1 unspecified atom stereocenters. The molecule has 0 saturated heterocycles. The summed E-state index contributed by atoms with van der Waals surface area (Å²) in [6.45, 7) is 6.52. The van der Waals surface area contributed by atoms with Crippen molar-refractivity contribution < 1.29 is 19.8 Å². The lowest BCUT2D eigenvalue weighted by Gasteiger charge is -2.18. The molecule has 1 rings (SSSR count). The first-order valence-corrected chi connectivity index (χ1v) is 6.64. The van der Waals surface area contributed by atoms with Crippen LogP contribution < -0.4 is 10.6 Å². The Morgan fingerprint density at radius 3 is 2.35 bits per heavy atom. The summed E-state index contributed by atoms with van der Waals surface area (Å²) in [4.78, 5) is 26.4. The van der Waals surface area contributed by atoms with E-state index in [1.54, 1.807) is 0 Å². The first-order chi connectivity index (χ1) is 9.02. The maximum absolute atomic E-state index is 11.6. The molecule has 20 heavy (non-hydrogen) atoms. The average molecular weight is 302 g/mol. The van der Waals surface area contributed by atoms with E-state index >= 15 is 0 Å². The highest BCUT2D eigenvalue weighted by Gasteiger charge is 2.30. The van der Waals surface area contributed by atoms with Gasteiger partial charge in [0.2, 0.25) is 5.13 Å². The van der Waals surface area contributed by atoms with Gasteiger partial charge in [-0.3, -0.25) is 5.32 Å². The molecular formula is C11H18N4O4S. The third-order valence-electron chi connectivity index (χ3n) is 2.37. The monoisotopic (exact) mass is 302 g/mol. The number of nitrogens with one attached hydrogen (secondary N) is 2. The minimum Gasteiger partial charge on any atom is -0.479 e. The van der Waals surface area contributed by atoms with Gasteiger partial charge >= 0.3 is 12.0 Å². The lowest BCUT2D eigenvalue weighted by atomic mass is 9.96. The van der Waals surface area contributed by atoms with E-state index in [2.05, 4.69) is 20.0 Å². The zero-order valence-corrected chi connectivity index (χ0v) is 12.5. The minimum atomic E-state index is -2.02. The van der Waals surface area contributed by atoms with Gasteiger partial charge in [-0.25, -0.2) is 14.6 Å². The van der Waals surface area contributed by atoms with Crippen LogP contribution in [0.3, 0.4) is 0 Å². The zero-order valence-electron chi connectivity index (χ0n) is 11.7. The summed E-state index contributed by atoms with van der Waals surface area (Å²) in [5.41, 5.74) is -2.24. The van der Waals surface area contributed by atoms with Gasteiger partial charge in [-0.1, -0.05) is 20.8 Å². The molecule has 8 nitrogen and oxygen atoms in total. The zero-order chi connectivity index (χ0) is 15.6. The number of carbonyl (C=O) groups is 2. The van der Waals surface area contributed by atoms with Crippen LogP contribution in [0.4, 0.5) is 9.93 Å². The van der Waals surface area contributed by atoms with E-state index in [1.165, 1.54) is 0 Å². The Morgan fingerprint density at radius 2 is 1.90 bits per heavy atom. The summed E-state index contributed by atoms with van der Waals surface area (Å²) in [5.74, 6) is -0.806. The van der Waals surface area contributed by atoms with Gasteiger partial charge in [0.05, 0.1) is 6.54 Å². The smallest absolute Gasteiger partial charge is 0.337 e. The van der Waals surface area contributed by atoms with E-state index < -0.39 is 24.1 Å². The van der Waals surface area contributed by atoms with Gasteiger partial charge in [-0.2, -0.15) is 4.37 Å². The van der Waals surface area contributed by atoms with Gasteiger partial charge in [0, 0.05) is 16.9 Å². The molecule has 4 N–H and O–H groups in total. The number of carbonyl (C=O) groups excluding carboxylic acids is 1. The molecule has 1 atom stereocenters. The number of rotatable bonds is 4. The average Bonchev–Trinajstić information content (AvgIpc) is 2.74. The second kappa shape index (κ2) is 5.71. The number of hydrogen-bond donors (Lipinski definition) is 4. The molecule has 0 aliphatic rings. The van der Waals surface area contributed by atoms with Crippen molar-refractivity contribution in [1.29, 1.82) is 0 Å². The molecule has 112 valence electrons. The van der Waals surface area contributed by atoms with Crippen LogP contribution in [0.5, 0.6) is 0 Å². The third kappa shape index (κ3) is 4.42. The van der Waals surface area contributed by atoms with Gasteiger partial charge in [0.25, 0.3) is 0 Å². The van der Waals surface area contributed by atoms with Crippen LogP contribution in [0.2, 0.25) is 0 Å².